The van der Waals surface area contributed by atoms with E-state index in [1.165, 1.54) is 0 Å². The van der Waals surface area contributed by atoms with Crippen molar-refractivity contribution in [2.45, 2.75) is 6.42 Å². The molecule has 1 aromatic carbocycles. The summed E-state index contributed by atoms with van der Waals surface area (Å²) in [6.45, 7) is 0. The van der Waals surface area contributed by atoms with Crippen molar-refractivity contribution >= 4 is 17.1 Å². The van der Waals surface area contributed by atoms with Gasteiger partial charge in [0.2, 0.25) is 0 Å². The zero-order valence-corrected chi connectivity index (χ0v) is 11.3. The van der Waals surface area contributed by atoms with E-state index in [0.717, 1.165) is 40.8 Å². The lowest BCUT2D eigenvalue weighted by Gasteiger charge is -2.23. The van der Waals surface area contributed by atoms with Crippen molar-refractivity contribution in [3.8, 4) is 5.75 Å². The fraction of sp³-hybridized carbons (Fsp3) is 0.267. The molecule has 19 heavy (non-hydrogen) atoms. The molecule has 4 heteroatoms. The normalized spacial score (nSPS) is 16.3. The second-order valence-corrected chi connectivity index (χ2v) is 4.73. The Kier molecular flexibility index (Phi) is 2.78. The number of allylic oxidation sites excluding steroid dienone is 2. The number of aliphatic imine (C=N–C) groups is 1. The van der Waals surface area contributed by atoms with E-state index in [1.807, 2.05) is 49.3 Å². The molecular weight excluding hydrogens is 240 g/mol. The van der Waals surface area contributed by atoms with Crippen LogP contribution in [0.25, 0.3) is 0 Å². The van der Waals surface area contributed by atoms with Crippen molar-refractivity contribution < 1.29 is 9.47 Å². The predicted octanol–water partition coefficient (Wildman–Crippen LogP) is 3.04. The Balaban J connectivity index is 2.02. The van der Waals surface area contributed by atoms with E-state index in [-0.39, 0.29) is 0 Å². The minimum atomic E-state index is 0.744. The molecule has 0 aromatic heterocycles. The molecule has 0 radical (unpaired) electrons. The van der Waals surface area contributed by atoms with Crippen molar-refractivity contribution in [1.29, 1.82) is 0 Å². The fourth-order valence-electron chi connectivity index (χ4n) is 2.11. The summed E-state index contributed by atoms with van der Waals surface area (Å²) in [4.78, 5) is 6.66. The van der Waals surface area contributed by atoms with Crippen LogP contribution in [-0.4, -0.2) is 26.9 Å². The van der Waals surface area contributed by atoms with Crippen molar-refractivity contribution in [3.63, 3.8) is 0 Å². The molecule has 1 aliphatic carbocycles. The van der Waals surface area contributed by atoms with Crippen molar-refractivity contribution in [3.05, 3.63) is 41.9 Å². The van der Waals surface area contributed by atoms with Crippen LogP contribution >= 0.6 is 0 Å². The minimum Gasteiger partial charge on any atom is -0.501 e. The van der Waals surface area contributed by atoms with E-state index >= 15 is 0 Å². The molecule has 0 atom stereocenters. The molecule has 0 fully saturated rings. The van der Waals surface area contributed by atoms with Gasteiger partial charge < -0.3 is 14.4 Å². The van der Waals surface area contributed by atoms with Gasteiger partial charge in [-0.15, -0.1) is 0 Å². The summed E-state index contributed by atoms with van der Waals surface area (Å²) in [5.41, 5.74) is 2.78. The number of hydrogen-bond acceptors (Lipinski definition) is 4. The van der Waals surface area contributed by atoms with Crippen LogP contribution in [0.2, 0.25) is 0 Å². The van der Waals surface area contributed by atoms with Gasteiger partial charge in [0, 0.05) is 38.3 Å². The van der Waals surface area contributed by atoms with Gasteiger partial charge in [0.15, 0.2) is 5.75 Å². The molecule has 1 heterocycles. The lowest BCUT2D eigenvalue weighted by molar-refractivity contribution is 0.283. The summed E-state index contributed by atoms with van der Waals surface area (Å²) in [5, 5.41) is 0. The lowest BCUT2D eigenvalue weighted by atomic mass is 10.1. The van der Waals surface area contributed by atoms with E-state index in [1.54, 1.807) is 7.11 Å². The summed E-state index contributed by atoms with van der Waals surface area (Å²) >= 11 is 0. The largest absolute Gasteiger partial charge is 0.501 e. The second kappa shape index (κ2) is 4.46. The number of ether oxygens (including phenoxy) is 2. The number of hydrogen-bond donors (Lipinski definition) is 0. The maximum Gasteiger partial charge on any atom is 0.155 e. The van der Waals surface area contributed by atoms with Gasteiger partial charge in [0.25, 0.3) is 0 Å². The minimum absolute atomic E-state index is 0.744. The van der Waals surface area contributed by atoms with Crippen LogP contribution in [0.5, 0.6) is 5.75 Å². The highest BCUT2D eigenvalue weighted by Gasteiger charge is 2.21. The fourth-order valence-corrected chi connectivity index (χ4v) is 2.11. The molecular formula is C15H16N2O2. The van der Waals surface area contributed by atoms with Crippen LogP contribution < -0.4 is 9.64 Å². The predicted molar refractivity (Wildman–Crippen MR) is 76.3 cm³/mol. The van der Waals surface area contributed by atoms with Gasteiger partial charge in [0.1, 0.15) is 22.9 Å². The maximum atomic E-state index is 5.92. The smallest absolute Gasteiger partial charge is 0.155 e. The number of rotatable bonds is 2. The average Bonchev–Trinajstić information content (AvgIpc) is 2.43. The molecule has 3 rings (SSSR count). The molecule has 0 bridgehead atoms. The molecule has 98 valence electrons. The number of nitrogens with zero attached hydrogens (tertiary/aromatic N) is 2. The van der Waals surface area contributed by atoms with Gasteiger partial charge in [-0.3, -0.25) is 0 Å². The van der Waals surface area contributed by atoms with Gasteiger partial charge in [-0.05, 0) is 18.2 Å². The van der Waals surface area contributed by atoms with Gasteiger partial charge >= 0.3 is 0 Å². The zero-order valence-electron chi connectivity index (χ0n) is 11.3. The first-order valence-corrected chi connectivity index (χ1v) is 6.20. The number of anilines is 1. The summed E-state index contributed by atoms with van der Waals surface area (Å²) < 4.78 is 11.2. The Labute approximate surface area is 112 Å². The lowest BCUT2D eigenvalue weighted by Crippen LogP contribution is -2.16. The monoisotopic (exact) mass is 256 g/mol. The molecule has 0 saturated heterocycles. The van der Waals surface area contributed by atoms with E-state index in [0.29, 0.717) is 0 Å². The highest BCUT2D eigenvalue weighted by atomic mass is 16.5. The van der Waals surface area contributed by atoms with Crippen LogP contribution in [-0.2, 0) is 4.74 Å². The van der Waals surface area contributed by atoms with E-state index in [2.05, 4.69) is 4.99 Å². The summed E-state index contributed by atoms with van der Waals surface area (Å²) in [6, 6.07) is 6.01. The quantitative estimate of drug-likeness (QED) is 0.815. The molecule has 2 aliphatic rings. The van der Waals surface area contributed by atoms with Crippen molar-refractivity contribution in [1.82, 2.24) is 0 Å². The zero-order chi connectivity index (χ0) is 13.4. The molecule has 0 unspecified atom stereocenters. The van der Waals surface area contributed by atoms with Gasteiger partial charge in [-0.2, -0.15) is 0 Å². The third kappa shape index (κ3) is 2.10. The first-order chi connectivity index (χ1) is 9.17. The Morgan fingerprint density at radius 3 is 2.89 bits per heavy atom. The first-order valence-electron chi connectivity index (χ1n) is 6.20. The molecule has 4 nitrogen and oxygen atoms in total. The third-order valence-corrected chi connectivity index (χ3v) is 3.22. The standard InChI is InChI=1S/C15H16N2O2/c1-17(2)10-4-6-12-15(8-10)19-14-7-5-11(18-3)9-13(14)16-12/h4,6-9H,5H2,1-3H3. The Morgan fingerprint density at radius 2 is 2.16 bits per heavy atom. The molecule has 1 aromatic rings. The SMILES string of the molecule is COC1=CC2=Nc3ccc(N(C)C)cc3OC2=CC1. The van der Waals surface area contributed by atoms with Crippen LogP contribution in [0.15, 0.2) is 46.9 Å². The van der Waals surface area contributed by atoms with Gasteiger partial charge in [0.05, 0.1) is 7.11 Å². The first kappa shape index (κ1) is 11.8. The Bertz CT molecular complexity index is 613. The summed E-state index contributed by atoms with van der Waals surface area (Å²) in [6.07, 6.45) is 4.68. The number of methoxy groups -OCH3 is 1. The maximum absolute atomic E-state index is 5.92. The van der Waals surface area contributed by atoms with Crippen molar-refractivity contribution in [2.24, 2.45) is 4.99 Å². The molecule has 0 saturated carbocycles. The van der Waals surface area contributed by atoms with Crippen LogP contribution in [0, 0.1) is 0 Å². The summed E-state index contributed by atoms with van der Waals surface area (Å²) in [5.74, 6) is 2.51. The van der Waals surface area contributed by atoms with E-state index < -0.39 is 0 Å². The van der Waals surface area contributed by atoms with E-state index in [9.17, 15) is 0 Å². The Hall–Kier alpha value is -2.23. The van der Waals surface area contributed by atoms with Crippen LogP contribution in [0.1, 0.15) is 6.42 Å². The summed E-state index contributed by atoms with van der Waals surface area (Å²) in [7, 11) is 5.69. The van der Waals surface area contributed by atoms with E-state index in [4.69, 9.17) is 9.47 Å². The van der Waals surface area contributed by atoms with Gasteiger partial charge in [-0.1, -0.05) is 0 Å². The molecule has 0 amide bonds. The molecule has 1 aliphatic heterocycles. The second-order valence-electron chi connectivity index (χ2n) is 4.73. The highest BCUT2D eigenvalue weighted by molar-refractivity contribution is 6.10. The topological polar surface area (TPSA) is 34.1 Å². The van der Waals surface area contributed by atoms with Crippen LogP contribution in [0.3, 0.4) is 0 Å². The van der Waals surface area contributed by atoms with Crippen molar-refractivity contribution in [2.75, 3.05) is 26.1 Å². The Morgan fingerprint density at radius 1 is 1.32 bits per heavy atom. The molecule has 0 spiro atoms. The highest BCUT2D eigenvalue weighted by Crippen LogP contribution is 2.38. The van der Waals surface area contributed by atoms with Gasteiger partial charge in [-0.25, -0.2) is 4.99 Å². The van der Waals surface area contributed by atoms with Crippen LogP contribution in [0.4, 0.5) is 11.4 Å². The average molecular weight is 256 g/mol. The number of benzene rings is 1. The third-order valence-electron chi connectivity index (χ3n) is 3.22. The molecule has 0 N–H and O–H groups in total. The number of fused-ring (bicyclic) bond motifs is 2.